The number of halogens is 1. The first-order valence-corrected chi connectivity index (χ1v) is 10.00. The van der Waals surface area contributed by atoms with Gasteiger partial charge < -0.3 is 15.4 Å². The minimum absolute atomic E-state index is 0.135. The minimum atomic E-state index is -0.552. The zero-order chi connectivity index (χ0) is 22.3. The molecule has 0 spiro atoms. The van der Waals surface area contributed by atoms with E-state index in [2.05, 4.69) is 25.6 Å². The Bertz CT molecular complexity index is 1220. The van der Waals surface area contributed by atoms with Gasteiger partial charge in [0.15, 0.2) is 5.82 Å². The first-order chi connectivity index (χ1) is 15.6. The molecule has 7 nitrogen and oxygen atoms in total. The molecular formula is C24H20FN5O2. The number of hydrogen-bond acceptors (Lipinski definition) is 5. The predicted octanol–water partition coefficient (Wildman–Crippen LogP) is 5.68. The highest BCUT2D eigenvalue weighted by Crippen LogP contribution is 2.32. The Kier molecular flexibility index (Phi) is 6.31. The van der Waals surface area contributed by atoms with Crippen molar-refractivity contribution < 1.29 is 13.9 Å². The van der Waals surface area contributed by atoms with Crippen LogP contribution in [0.5, 0.6) is 11.6 Å². The molecular weight excluding hydrogens is 409 g/mol. The number of rotatable bonds is 6. The van der Waals surface area contributed by atoms with Crippen LogP contribution in [0.3, 0.4) is 0 Å². The minimum Gasteiger partial charge on any atom is -0.438 e. The number of benzene rings is 2. The van der Waals surface area contributed by atoms with Crippen molar-refractivity contribution in [3.05, 3.63) is 90.8 Å². The topological polar surface area (TPSA) is 89.0 Å². The predicted molar refractivity (Wildman–Crippen MR) is 120 cm³/mol. The van der Waals surface area contributed by atoms with E-state index in [0.717, 1.165) is 6.20 Å². The first kappa shape index (κ1) is 20.9. The van der Waals surface area contributed by atoms with Gasteiger partial charge in [0, 0.05) is 24.0 Å². The maximum Gasteiger partial charge on any atom is 0.323 e. The molecule has 2 aromatic heterocycles. The number of anilines is 2. The van der Waals surface area contributed by atoms with E-state index in [9.17, 15) is 9.18 Å². The lowest BCUT2D eigenvalue weighted by molar-refractivity contribution is 0.262. The van der Waals surface area contributed by atoms with Crippen molar-refractivity contribution in [3.63, 3.8) is 0 Å². The first-order valence-electron chi connectivity index (χ1n) is 10.00. The highest BCUT2D eigenvalue weighted by Gasteiger charge is 2.15. The van der Waals surface area contributed by atoms with Crippen molar-refractivity contribution >= 4 is 17.4 Å². The third-order valence-electron chi connectivity index (χ3n) is 4.49. The number of nitrogens with zero attached hydrogens (tertiary/aromatic N) is 3. The number of carbonyl (C=O) groups is 1. The second-order valence-electron chi connectivity index (χ2n) is 6.76. The summed E-state index contributed by atoms with van der Waals surface area (Å²) in [5, 5.41) is 5.50. The summed E-state index contributed by atoms with van der Waals surface area (Å²) in [4.78, 5) is 24.6. The zero-order valence-corrected chi connectivity index (χ0v) is 17.2. The lowest BCUT2D eigenvalue weighted by atomic mass is 10.2. The van der Waals surface area contributed by atoms with E-state index >= 15 is 0 Å². The molecule has 0 aliphatic carbocycles. The van der Waals surface area contributed by atoms with Crippen LogP contribution in [0.2, 0.25) is 0 Å². The Morgan fingerprint density at radius 1 is 0.938 bits per heavy atom. The number of carbonyl (C=O) groups excluding carboxylic acids is 1. The molecule has 0 bridgehead atoms. The fourth-order valence-electron chi connectivity index (χ4n) is 2.95. The van der Waals surface area contributed by atoms with Crippen molar-refractivity contribution in [2.75, 3.05) is 10.6 Å². The van der Waals surface area contributed by atoms with Gasteiger partial charge in [-0.3, -0.25) is 0 Å². The van der Waals surface area contributed by atoms with Gasteiger partial charge in [0.2, 0.25) is 5.88 Å². The van der Waals surface area contributed by atoms with E-state index in [1.807, 2.05) is 25.1 Å². The van der Waals surface area contributed by atoms with Crippen LogP contribution in [0, 0.1) is 5.82 Å². The maximum absolute atomic E-state index is 14.4. The lowest BCUT2D eigenvalue weighted by Crippen LogP contribution is -2.19. The van der Waals surface area contributed by atoms with Crippen LogP contribution in [0.25, 0.3) is 11.3 Å². The molecule has 4 aromatic rings. The molecule has 4 rings (SSSR count). The molecule has 8 heteroatoms. The van der Waals surface area contributed by atoms with Gasteiger partial charge in [-0.25, -0.2) is 24.1 Å². The Morgan fingerprint density at radius 2 is 1.66 bits per heavy atom. The molecule has 0 radical (unpaired) electrons. The summed E-state index contributed by atoms with van der Waals surface area (Å²) in [7, 11) is 0. The molecule has 0 saturated carbocycles. The van der Waals surface area contributed by atoms with Crippen molar-refractivity contribution in [3.8, 4) is 22.9 Å². The second kappa shape index (κ2) is 9.65. The number of pyridine rings is 1. The summed E-state index contributed by atoms with van der Waals surface area (Å²) in [5.41, 5.74) is 1.83. The van der Waals surface area contributed by atoms with E-state index < -0.39 is 5.82 Å². The smallest absolute Gasteiger partial charge is 0.323 e. The van der Waals surface area contributed by atoms with Crippen LogP contribution in [0.1, 0.15) is 12.7 Å². The molecule has 32 heavy (non-hydrogen) atoms. The van der Waals surface area contributed by atoms with Gasteiger partial charge in [-0.1, -0.05) is 25.1 Å². The molecule has 2 N–H and O–H groups in total. The molecule has 0 unspecified atom stereocenters. The summed E-state index contributed by atoms with van der Waals surface area (Å²) < 4.78 is 20.3. The van der Waals surface area contributed by atoms with Gasteiger partial charge >= 0.3 is 6.03 Å². The number of hydrogen-bond donors (Lipinski definition) is 2. The third-order valence-corrected chi connectivity index (χ3v) is 4.49. The van der Waals surface area contributed by atoms with Crippen LogP contribution >= 0.6 is 0 Å². The maximum atomic E-state index is 14.4. The van der Waals surface area contributed by atoms with E-state index in [1.54, 1.807) is 54.7 Å². The van der Waals surface area contributed by atoms with Crippen molar-refractivity contribution in [2.24, 2.45) is 0 Å². The number of ether oxygens (including phenoxy) is 1. The van der Waals surface area contributed by atoms with Crippen LogP contribution in [-0.4, -0.2) is 21.0 Å². The van der Waals surface area contributed by atoms with Gasteiger partial charge in [-0.15, -0.1) is 0 Å². The fourth-order valence-corrected chi connectivity index (χ4v) is 2.95. The van der Waals surface area contributed by atoms with Crippen molar-refractivity contribution in [1.29, 1.82) is 0 Å². The number of nitrogens with one attached hydrogen (secondary N) is 2. The largest absolute Gasteiger partial charge is 0.438 e. The van der Waals surface area contributed by atoms with Crippen molar-refractivity contribution in [1.82, 2.24) is 15.0 Å². The quantitative estimate of drug-likeness (QED) is 0.412. The standard InChI is InChI=1S/C24H20FN5O2/c1-2-21-27-15-20(25)22(30-21)19-9-6-14-26-23(19)32-18-12-10-17(11-13-18)29-24(31)28-16-7-4-3-5-8-16/h3-15H,2H2,1H3,(H2,28,29,31). The van der Waals surface area contributed by atoms with E-state index in [0.29, 0.717) is 34.9 Å². The molecule has 2 heterocycles. The Morgan fingerprint density at radius 3 is 2.38 bits per heavy atom. The molecule has 160 valence electrons. The van der Waals surface area contributed by atoms with Gasteiger partial charge in [0.05, 0.1) is 11.8 Å². The number of para-hydroxylation sites is 1. The monoisotopic (exact) mass is 429 g/mol. The molecule has 2 amide bonds. The van der Waals surface area contributed by atoms with E-state index in [1.165, 1.54) is 0 Å². The fraction of sp³-hybridized carbons (Fsp3) is 0.0833. The Balaban J connectivity index is 1.48. The average molecular weight is 429 g/mol. The zero-order valence-electron chi connectivity index (χ0n) is 17.2. The van der Waals surface area contributed by atoms with Crippen LogP contribution in [0.15, 0.2) is 79.1 Å². The molecule has 0 fully saturated rings. The SMILES string of the molecule is CCc1ncc(F)c(-c2cccnc2Oc2ccc(NC(=O)Nc3ccccc3)cc2)n1. The van der Waals surface area contributed by atoms with Gasteiger partial charge in [-0.05, 0) is 48.5 Å². The Hall–Kier alpha value is -4.33. The summed E-state index contributed by atoms with van der Waals surface area (Å²) in [5.74, 6) is 0.670. The summed E-state index contributed by atoms with van der Waals surface area (Å²) in [6.07, 6.45) is 3.29. The molecule has 0 aliphatic heterocycles. The van der Waals surface area contributed by atoms with Crippen molar-refractivity contribution in [2.45, 2.75) is 13.3 Å². The number of amides is 2. The second-order valence-corrected chi connectivity index (χ2v) is 6.76. The van der Waals surface area contributed by atoms with Crippen LogP contribution < -0.4 is 15.4 Å². The molecule has 0 atom stereocenters. The van der Waals surface area contributed by atoms with Gasteiger partial charge in [-0.2, -0.15) is 0 Å². The van der Waals surface area contributed by atoms with Crippen LogP contribution in [-0.2, 0) is 6.42 Å². The normalized spacial score (nSPS) is 10.4. The summed E-state index contributed by atoms with van der Waals surface area (Å²) in [6, 6.07) is 18.9. The van der Waals surface area contributed by atoms with E-state index in [4.69, 9.17) is 4.74 Å². The summed E-state index contributed by atoms with van der Waals surface area (Å²) in [6.45, 7) is 1.90. The number of aromatic nitrogens is 3. The third kappa shape index (κ3) is 5.04. The lowest BCUT2D eigenvalue weighted by Gasteiger charge is -2.11. The van der Waals surface area contributed by atoms with Gasteiger partial charge in [0.1, 0.15) is 17.3 Å². The molecule has 0 aliphatic rings. The summed E-state index contributed by atoms with van der Waals surface area (Å²) >= 11 is 0. The average Bonchev–Trinajstić information content (AvgIpc) is 2.82. The highest BCUT2D eigenvalue weighted by atomic mass is 19.1. The Labute approximate surface area is 184 Å². The molecule has 0 saturated heterocycles. The molecule has 2 aromatic carbocycles. The van der Waals surface area contributed by atoms with E-state index in [-0.39, 0.29) is 17.6 Å². The highest BCUT2D eigenvalue weighted by molar-refractivity contribution is 5.99. The number of aryl methyl sites for hydroxylation is 1. The number of urea groups is 1. The van der Waals surface area contributed by atoms with Crippen LogP contribution in [0.4, 0.5) is 20.6 Å². The van der Waals surface area contributed by atoms with Gasteiger partial charge in [0.25, 0.3) is 0 Å².